The molecule has 0 fully saturated rings. The summed E-state index contributed by atoms with van der Waals surface area (Å²) in [6, 6.07) is 7.35. The summed E-state index contributed by atoms with van der Waals surface area (Å²) in [4.78, 5) is 16.4. The van der Waals surface area contributed by atoms with Crippen molar-refractivity contribution >= 4 is 17.2 Å². The first-order valence-electron chi connectivity index (χ1n) is 8.06. The summed E-state index contributed by atoms with van der Waals surface area (Å²) in [6.07, 6.45) is -4.74. The predicted molar refractivity (Wildman–Crippen MR) is 95.6 cm³/mol. The number of thiazole rings is 1. The second-order valence-electron chi connectivity index (χ2n) is 5.80. The van der Waals surface area contributed by atoms with Crippen LogP contribution in [-0.4, -0.2) is 17.1 Å². The van der Waals surface area contributed by atoms with E-state index < -0.39 is 23.9 Å². The van der Waals surface area contributed by atoms with E-state index in [2.05, 4.69) is 4.98 Å². The first kappa shape index (κ1) is 19.8. The summed E-state index contributed by atoms with van der Waals surface area (Å²) in [5, 5.41) is 3.75. The highest BCUT2D eigenvalue weighted by Gasteiger charge is 2.42. The number of halogens is 4. The van der Waals surface area contributed by atoms with Crippen LogP contribution >= 0.6 is 11.3 Å². The van der Waals surface area contributed by atoms with Crippen LogP contribution in [0.25, 0.3) is 0 Å². The number of hydrogen-bond acceptors (Lipinski definition) is 4. The Kier molecular flexibility index (Phi) is 5.93. The van der Waals surface area contributed by atoms with Crippen molar-refractivity contribution in [2.75, 3.05) is 0 Å². The molecule has 3 rings (SSSR count). The van der Waals surface area contributed by atoms with Gasteiger partial charge in [-0.15, -0.1) is 11.3 Å². The van der Waals surface area contributed by atoms with Crippen molar-refractivity contribution in [1.82, 2.24) is 10.3 Å². The van der Waals surface area contributed by atoms with Gasteiger partial charge in [-0.25, -0.2) is 9.37 Å². The molecule has 0 saturated heterocycles. The summed E-state index contributed by atoms with van der Waals surface area (Å²) in [6.45, 7) is 0.176. The Morgan fingerprint density at radius 2 is 1.93 bits per heavy atom. The van der Waals surface area contributed by atoms with E-state index in [0.29, 0.717) is 11.4 Å². The molecule has 3 aromatic rings. The third-order valence-corrected chi connectivity index (χ3v) is 4.41. The monoisotopic (exact) mass is 410 g/mol. The van der Waals surface area contributed by atoms with Crippen molar-refractivity contribution in [3.05, 3.63) is 82.1 Å². The highest BCUT2D eigenvalue weighted by Crippen LogP contribution is 2.33. The Morgan fingerprint density at radius 3 is 2.57 bits per heavy atom. The fourth-order valence-electron chi connectivity index (χ4n) is 2.42. The van der Waals surface area contributed by atoms with Crippen LogP contribution in [0.5, 0.6) is 5.75 Å². The maximum atomic E-state index is 13.4. The molecule has 28 heavy (non-hydrogen) atoms. The number of aromatic nitrogens is 1. The van der Waals surface area contributed by atoms with E-state index in [9.17, 15) is 22.4 Å². The Balaban J connectivity index is 1.74. The van der Waals surface area contributed by atoms with Gasteiger partial charge in [0.05, 0.1) is 11.2 Å². The van der Waals surface area contributed by atoms with E-state index in [1.807, 2.05) is 5.32 Å². The number of carbonyl (C=O) groups excluding carboxylic acids is 1. The summed E-state index contributed by atoms with van der Waals surface area (Å²) in [7, 11) is 0. The van der Waals surface area contributed by atoms with Gasteiger partial charge in [0.1, 0.15) is 18.2 Å². The van der Waals surface area contributed by atoms with Crippen LogP contribution in [0.3, 0.4) is 0 Å². The molecule has 9 heteroatoms. The molecule has 0 bridgehead atoms. The molecule has 1 atom stereocenters. The van der Waals surface area contributed by atoms with Crippen LogP contribution < -0.4 is 10.1 Å². The fraction of sp³-hybridized carbons (Fsp3) is 0.158. The van der Waals surface area contributed by atoms with Gasteiger partial charge in [0.15, 0.2) is 6.04 Å². The average Bonchev–Trinajstić information content (AvgIpc) is 3.18. The van der Waals surface area contributed by atoms with E-state index in [1.165, 1.54) is 29.5 Å². The fourth-order valence-corrected chi connectivity index (χ4v) is 2.96. The maximum absolute atomic E-state index is 13.4. The third-order valence-electron chi connectivity index (χ3n) is 3.77. The number of nitrogens with zero attached hydrogens (tertiary/aromatic N) is 1. The third kappa shape index (κ3) is 5.07. The van der Waals surface area contributed by atoms with Crippen LogP contribution in [0.1, 0.15) is 27.7 Å². The van der Waals surface area contributed by atoms with Crippen LogP contribution in [0.2, 0.25) is 0 Å². The van der Waals surface area contributed by atoms with Crippen molar-refractivity contribution in [3.63, 3.8) is 0 Å². The van der Waals surface area contributed by atoms with Gasteiger partial charge in [0.2, 0.25) is 0 Å². The van der Waals surface area contributed by atoms with E-state index in [4.69, 9.17) is 4.74 Å². The van der Waals surface area contributed by atoms with Crippen molar-refractivity contribution < 1.29 is 27.1 Å². The van der Waals surface area contributed by atoms with E-state index in [-0.39, 0.29) is 17.7 Å². The molecule has 1 N–H and O–H groups in total. The van der Waals surface area contributed by atoms with Gasteiger partial charge in [-0.2, -0.15) is 13.2 Å². The van der Waals surface area contributed by atoms with Crippen molar-refractivity contribution in [1.29, 1.82) is 0 Å². The minimum absolute atomic E-state index is 0.00661. The molecule has 1 heterocycles. The van der Waals surface area contributed by atoms with Gasteiger partial charge in [0, 0.05) is 10.9 Å². The Hall–Kier alpha value is -2.94. The first-order valence-corrected chi connectivity index (χ1v) is 9.00. The molecule has 0 radical (unpaired) electrons. The van der Waals surface area contributed by atoms with Crippen molar-refractivity contribution in [3.8, 4) is 5.75 Å². The largest absolute Gasteiger partial charge is 0.487 e. The number of ether oxygens (including phenoxy) is 1. The number of hydrogen-bond donors (Lipinski definition) is 1. The number of alkyl halides is 3. The number of carbonyl (C=O) groups is 1. The minimum Gasteiger partial charge on any atom is -0.487 e. The lowest BCUT2D eigenvalue weighted by molar-refractivity contribution is -0.155. The predicted octanol–water partition coefficient (Wildman–Crippen LogP) is 4.89. The van der Waals surface area contributed by atoms with Crippen LogP contribution in [0.4, 0.5) is 17.6 Å². The number of rotatable bonds is 6. The molecular weight excluding hydrogens is 396 g/mol. The van der Waals surface area contributed by atoms with Gasteiger partial charge >= 0.3 is 6.18 Å². The zero-order valence-electron chi connectivity index (χ0n) is 14.2. The second-order valence-corrected chi connectivity index (χ2v) is 6.51. The molecular formula is C19H14F4N2O2S. The molecule has 0 aliphatic carbocycles. The number of benzene rings is 2. The van der Waals surface area contributed by atoms with E-state index in [0.717, 1.165) is 24.3 Å². The molecule has 1 unspecified atom stereocenters. The van der Waals surface area contributed by atoms with Crippen molar-refractivity contribution in [2.24, 2.45) is 0 Å². The maximum Gasteiger partial charge on any atom is 0.412 e. The molecule has 1 aromatic heterocycles. The standard InChI is InChI=1S/C19H14F4N2O2S/c20-14-6-4-12(5-7-14)17(19(21,22)23)25-18(26)13-2-1-3-16(8-13)27-9-15-10-28-11-24-15/h1-8,10-11,17H,9H2,(H,25,26). The summed E-state index contributed by atoms with van der Waals surface area (Å²) in [5.41, 5.74) is 2.09. The lowest BCUT2D eigenvalue weighted by Gasteiger charge is -2.22. The normalized spacial score (nSPS) is 12.4. The highest BCUT2D eigenvalue weighted by molar-refractivity contribution is 7.07. The summed E-state index contributed by atoms with van der Waals surface area (Å²) in [5.74, 6) is -1.27. The van der Waals surface area contributed by atoms with E-state index in [1.54, 1.807) is 17.0 Å². The van der Waals surface area contributed by atoms with Crippen LogP contribution in [0.15, 0.2) is 59.4 Å². The van der Waals surface area contributed by atoms with Gasteiger partial charge in [-0.05, 0) is 35.9 Å². The SMILES string of the molecule is O=C(NC(c1ccc(F)cc1)C(F)(F)F)c1cccc(OCc2cscn2)c1. The number of nitrogens with one attached hydrogen (secondary N) is 1. The van der Waals surface area contributed by atoms with Crippen molar-refractivity contribution in [2.45, 2.75) is 18.8 Å². The van der Waals surface area contributed by atoms with Crippen LogP contribution in [0, 0.1) is 5.82 Å². The first-order chi connectivity index (χ1) is 13.3. The lowest BCUT2D eigenvalue weighted by Crippen LogP contribution is -2.38. The quantitative estimate of drug-likeness (QED) is 0.589. The molecule has 146 valence electrons. The average molecular weight is 410 g/mol. The zero-order chi connectivity index (χ0) is 20.1. The molecule has 0 aliphatic rings. The Morgan fingerprint density at radius 1 is 1.18 bits per heavy atom. The van der Waals surface area contributed by atoms with Gasteiger partial charge in [0.25, 0.3) is 5.91 Å². The summed E-state index contributed by atoms with van der Waals surface area (Å²) < 4.78 is 58.7. The molecule has 2 aromatic carbocycles. The Bertz CT molecular complexity index is 928. The smallest absolute Gasteiger partial charge is 0.412 e. The van der Waals surface area contributed by atoms with E-state index >= 15 is 0 Å². The molecule has 0 spiro atoms. The molecule has 0 saturated carbocycles. The topological polar surface area (TPSA) is 51.2 Å². The number of amides is 1. The zero-order valence-corrected chi connectivity index (χ0v) is 15.1. The molecule has 0 aliphatic heterocycles. The van der Waals surface area contributed by atoms with Gasteiger partial charge in [-0.1, -0.05) is 18.2 Å². The lowest BCUT2D eigenvalue weighted by atomic mass is 10.1. The van der Waals surface area contributed by atoms with Gasteiger partial charge in [-0.3, -0.25) is 4.79 Å². The van der Waals surface area contributed by atoms with Gasteiger partial charge < -0.3 is 10.1 Å². The van der Waals surface area contributed by atoms with Crippen LogP contribution in [-0.2, 0) is 6.61 Å². The minimum atomic E-state index is -4.74. The summed E-state index contributed by atoms with van der Waals surface area (Å²) >= 11 is 1.41. The highest BCUT2D eigenvalue weighted by atomic mass is 32.1. The molecule has 4 nitrogen and oxygen atoms in total. The Labute approximate surface area is 161 Å². The molecule has 1 amide bonds. The second kappa shape index (κ2) is 8.39.